The van der Waals surface area contributed by atoms with Gasteiger partial charge in [0.1, 0.15) is 0 Å². The number of guanidine groups is 1. The molecule has 0 amide bonds. The van der Waals surface area contributed by atoms with Gasteiger partial charge in [-0.05, 0) is 12.1 Å². The van der Waals surface area contributed by atoms with E-state index in [-0.39, 0.29) is 5.96 Å². The first-order valence-corrected chi connectivity index (χ1v) is 3.93. The molecule has 0 saturated carbocycles. The lowest BCUT2D eigenvalue weighted by atomic mass is 10.3. The first-order chi connectivity index (χ1) is 6.13. The molecule has 0 saturated heterocycles. The van der Waals surface area contributed by atoms with Crippen LogP contribution in [0.15, 0.2) is 30.3 Å². The zero-order valence-electron chi connectivity index (χ0n) is 7.73. The lowest BCUT2D eigenvalue weighted by molar-refractivity contribution is 0.0107. The average Bonchev–Trinajstić information content (AvgIpc) is 2.17. The molecule has 1 aromatic rings. The molecule has 0 aliphatic carbocycles. The summed E-state index contributed by atoms with van der Waals surface area (Å²) in [6.45, 7) is 0. The number of hydroxylamine groups is 2. The molecule has 70 valence electrons. The monoisotopic (exact) mass is 179 g/mol. The predicted octanol–water partition coefficient (Wildman–Crippen LogP) is 1.38. The summed E-state index contributed by atoms with van der Waals surface area (Å²) in [7, 11) is 3.14. The molecule has 0 aromatic heterocycles. The average molecular weight is 179 g/mol. The molecule has 4 heteroatoms. The quantitative estimate of drug-likeness (QED) is 0.389. The molecule has 0 radical (unpaired) electrons. The highest BCUT2D eigenvalue weighted by Crippen LogP contribution is 2.11. The van der Waals surface area contributed by atoms with E-state index in [9.17, 15) is 0 Å². The van der Waals surface area contributed by atoms with Crippen LogP contribution in [0.2, 0.25) is 0 Å². The first kappa shape index (κ1) is 9.54. The standard InChI is InChI=1S/C9H13N3O/c1-11(9(10)12(2)13)8-6-4-3-5-7-8/h3-7,10,13H,1-2H3. The van der Waals surface area contributed by atoms with E-state index in [2.05, 4.69) is 0 Å². The summed E-state index contributed by atoms with van der Waals surface area (Å²) in [5.41, 5.74) is 0.869. The van der Waals surface area contributed by atoms with Crippen molar-refractivity contribution in [2.45, 2.75) is 0 Å². The number of hydrogen-bond acceptors (Lipinski definition) is 2. The summed E-state index contributed by atoms with van der Waals surface area (Å²) in [5, 5.41) is 17.3. The van der Waals surface area contributed by atoms with Crippen LogP contribution >= 0.6 is 0 Å². The third kappa shape index (κ3) is 2.19. The molecule has 4 nitrogen and oxygen atoms in total. The van der Waals surface area contributed by atoms with Crippen LogP contribution in [-0.4, -0.2) is 30.3 Å². The van der Waals surface area contributed by atoms with Crippen molar-refractivity contribution in [3.05, 3.63) is 30.3 Å². The van der Waals surface area contributed by atoms with Gasteiger partial charge in [-0.2, -0.15) is 0 Å². The lowest BCUT2D eigenvalue weighted by Gasteiger charge is -2.23. The Morgan fingerprint density at radius 1 is 1.23 bits per heavy atom. The number of benzene rings is 1. The number of hydrogen-bond donors (Lipinski definition) is 2. The van der Waals surface area contributed by atoms with E-state index in [1.165, 1.54) is 7.05 Å². The van der Waals surface area contributed by atoms with Gasteiger partial charge in [0.2, 0.25) is 5.96 Å². The third-order valence-corrected chi connectivity index (χ3v) is 1.77. The summed E-state index contributed by atoms with van der Waals surface area (Å²) in [6.07, 6.45) is 0. The number of para-hydroxylation sites is 1. The highest BCUT2D eigenvalue weighted by atomic mass is 16.5. The van der Waals surface area contributed by atoms with Crippen molar-refractivity contribution in [1.29, 1.82) is 5.41 Å². The van der Waals surface area contributed by atoms with Crippen LogP contribution in [-0.2, 0) is 0 Å². The van der Waals surface area contributed by atoms with Gasteiger partial charge in [-0.15, -0.1) is 0 Å². The minimum atomic E-state index is 0.0335. The predicted molar refractivity (Wildman–Crippen MR) is 52.1 cm³/mol. The summed E-state index contributed by atoms with van der Waals surface area (Å²) >= 11 is 0. The Kier molecular flexibility index (Phi) is 2.87. The SMILES string of the molecule is CN(O)C(=N)N(C)c1ccccc1. The van der Waals surface area contributed by atoms with Gasteiger partial charge >= 0.3 is 0 Å². The summed E-state index contributed by atoms with van der Waals surface area (Å²) in [6, 6.07) is 9.42. The van der Waals surface area contributed by atoms with Gasteiger partial charge in [0.15, 0.2) is 0 Å². The van der Waals surface area contributed by atoms with Gasteiger partial charge in [-0.1, -0.05) is 18.2 Å². The number of rotatable bonds is 1. The van der Waals surface area contributed by atoms with Crippen LogP contribution in [0, 0.1) is 5.41 Å². The van der Waals surface area contributed by atoms with Crippen molar-refractivity contribution < 1.29 is 5.21 Å². The molecule has 0 aliphatic heterocycles. The van der Waals surface area contributed by atoms with Crippen LogP contribution in [0.25, 0.3) is 0 Å². The van der Waals surface area contributed by atoms with Crippen molar-refractivity contribution in [1.82, 2.24) is 5.06 Å². The second-order valence-corrected chi connectivity index (χ2v) is 2.74. The van der Waals surface area contributed by atoms with Crippen molar-refractivity contribution in [2.24, 2.45) is 0 Å². The van der Waals surface area contributed by atoms with E-state index < -0.39 is 0 Å². The molecule has 13 heavy (non-hydrogen) atoms. The van der Waals surface area contributed by atoms with Crippen LogP contribution < -0.4 is 4.90 Å². The van der Waals surface area contributed by atoms with Crippen molar-refractivity contribution in [3.63, 3.8) is 0 Å². The van der Waals surface area contributed by atoms with Gasteiger partial charge in [-0.25, -0.2) is 5.06 Å². The Balaban J connectivity index is 2.80. The molecule has 1 aromatic carbocycles. The Bertz CT molecular complexity index is 284. The van der Waals surface area contributed by atoms with E-state index in [1.54, 1.807) is 11.9 Å². The van der Waals surface area contributed by atoms with E-state index in [4.69, 9.17) is 10.6 Å². The Hall–Kier alpha value is -1.55. The van der Waals surface area contributed by atoms with Crippen LogP contribution in [0.1, 0.15) is 0 Å². The number of nitrogens with one attached hydrogen (secondary N) is 1. The van der Waals surface area contributed by atoms with E-state index in [0.717, 1.165) is 10.8 Å². The molecule has 0 spiro atoms. The van der Waals surface area contributed by atoms with E-state index in [0.29, 0.717) is 0 Å². The van der Waals surface area contributed by atoms with Crippen LogP contribution in [0.4, 0.5) is 5.69 Å². The van der Waals surface area contributed by atoms with Crippen LogP contribution in [0.5, 0.6) is 0 Å². The molecule has 0 aliphatic rings. The van der Waals surface area contributed by atoms with Crippen molar-refractivity contribution >= 4 is 11.6 Å². The molecule has 1 rings (SSSR count). The second kappa shape index (κ2) is 3.91. The van der Waals surface area contributed by atoms with Gasteiger partial charge in [0.25, 0.3) is 0 Å². The minimum Gasteiger partial charge on any atom is -0.314 e. The Morgan fingerprint density at radius 2 is 1.77 bits per heavy atom. The molecule has 0 atom stereocenters. The fourth-order valence-electron chi connectivity index (χ4n) is 0.991. The highest BCUT2D eigenvalue weighted by molar-refractivity contribution is 5.92. The highest BCUT2D eigenvalue weighted by Gasteiger charge is 2.08. The molecule has 0 unspecified atom stereocenters. The first-order valence-electron chi connectivity index (χ1n) is 3.93. The van der Waals surface area contributed by atoms with Gasteiger partial charge in [0, 0.05) is 19.8 Å². The van der Waals surface area contributed by atoms with Crippen LogP contribution in [0.3, 0.4) is 0 Å². The maximum atomic E-state index is 9.02. The molecule has 0 fully saturated rings. The normalized spacial score (nSPS) is 9.46. The lowest BCUT2D eigenvalue weighted by Crippen LogP contribution is -2.37. The van der Waals surface area contributed by atoms with Gasteiger partial charge in [0.05, 0.1) is 0 Å². The summed E-state index contributed by atoms with van der Waals surface area (Å²) in [4.78, 5) is 1.58. The van der Waals surface area contributed by atoms with Crippen molar-refractivity contribution in [3.8, 4) is 0 Å². The molecule has 2 N–H and O–H groups in total. The van der Waals surface area contributed by atoms with Gasteiger partial charge < -0.3 is 4.90 Å². The summed E-state index contributed by atoms with van der Waals surface area (Å²) < 4.78 is 0. The third-order valence-electron chi connectivity index (χ3n) is 1.77. The van der Waals surface area contributed by atoms with Gasteiger partial charge in [-0.3, -0.25) is 10.6 Å². The molecule has 0 heterocycles. The van der Waals surface area contributed by atoms with E-state index in [1.807, 2.05) is 30.3 Å². The Labute approximate surface area is 77.5 Å². The fourth-order valence-corrected chi connectivity index (χ4v) is 0.991. The zero-order valence-corrected chi connectivity index (χ0v) is 7.73. The largest absolute Gasteiger partial charge is 0.314 e. The minimum absolute atomic E-state index is 0.0335. The molecular formula is C9H13N3O. The number of anilines is 1. The van der Waals surface area contributed by atoms with Crippen molar-refractivity contribution in [2.75, 3.05) is 19.0 Å². The Morgan fingerprint density at radius 3 is 2.23 bits per heavy atom. The molecular weight excluding hydrogens is 166 g/mol. The zero-order chi connectivity index (χ0) is 9.84. The fraction of sp³-hybridized carbons (Fsp3) is 0.222. The molecule has 0 bridgehead atoms. The van der Waals surface area contributed by atoms with E-state index >= 15 is 0 Å². The summed E-state index contributed by atoms with van der Waals surface area (Å²) in [5.74, 6) is 0.0335. The number of nitrogens with zero attached hydrogens (tertiary/aromatic N) is 2. The second-order valence-electron chi connectivity index (χ2n) is 2.74. The smallest absolute Gasteiger partial charge is 0.222 e. The maximum Gasteiger partial charge on any atom is 0.222 e. The topological polar surface area (TPSA) is 50.6 Å². The maximum absolute atomic E-state index is 9.02.